The number of rotatable bonds is 3. The van der Waals surface area contributed by atoms with Crippen LogP contribution in [0, 0.1) is 23.2 Å². The molecule has 0 bridgehead atoms. The van der Waals surface area contributed by atoms with Crippen molar-refractivity contribution in [1.29, 1.82) is 0 Å². The Morgan fingerprint density at radius 2 is 1.66 bits per heavy atom. The quantitative estimate of drug-likeness (QED) is 0.396. The Morgan fingerprint density at radius 1 is 0.971 bits per heavy atom. The van der Waals surface area contributed by atoms with Crippen LogP contribution in [0.5, 0.6) is 17.2 Å². The fourth-order valence-corrected chi connectivity index (χ4v) is 7.25. The van der Waals surface area contributed by atoms with Crippen molar-refractivity contribution in [3.05, 3.63) is 64.7 Å². The number of ether oxygens (including phenoxy) is 1. The molecule has 1 aliphatic heterocycles. The van der Waals surface area contributed by atoms with Gasteiger partial charge in [0.05, 0.1) is 11.1 Å². The van der Waals surface area contributed by atoms with Crippen LogP contribution >= 0.6 is 0 Å². The third-order valence-corrected chi connectivity index (χ3v) is 9.23. The molecule has 0 amide bonds. The first-order chi connectivity index (χ1) is 16.6. The fraction of sp³-hybridized carbons (Fsp3) is 0.467. The average Bonchev–Trinajstić information content (AvgIpc) is 2.86. The molecule has 1 unspecified atom stereocenters. The highest BCUT2D eigenvalue weighted by atomic mass is 16.5. The number of phenols is 2. The van der Waals surface area contributed by atoms with E-state index in [9.17, 15) is 19.8 Å². The van der Waals surface area contributed by atoms with Crippen molar-refractivity contribution < 1.29 is 24.5 Å². The first-order valence-corrected chi connectivity index (χ1v) is 12.6. The van der Waals surface area contributed by atoms with Crippen LogP contribution in [0.15, 0.2) is 42.5 Å². The van der Waals surface area contributed by atoms with Gasteiger partial charge in [-0.2, -0.15) is 0 Å². The SMILES string of the molecule is C=C1CC[C@@H]2C(c3ccccc3)c3c(O)c(C=O)c(O)c(C=O)c3O[C@@]2(C)CC[C@@H]2[C@H]1CC2(C)C. The van der Waals surface area contributed by atoms with Crippen molar-refractivity contribution in [2.24, 2.45) is 23.2 Å². The molecule has 3 aliphatic rings. The minimum Gasteiger partial charge on any atom is -0.507 e. The standard InChI is InChI=1S/C30H34O5/c1-17-10-11-23-24(18-8-6-5-7-9-18)25-27(34)20(15-31)26(33)21(16-32)28(25)35-30(23,4)13-12-22-19(17)14-29(22,2)3/h5-9,15-16,19,22-24,33-34H,1,10-14H2,2-4H3/t19-,22+,23+,24?,30-/m0/s1. The number of benzene rings is 2. The van der Waals surface area contributed by atoms with Crippen LogP contribution in [0.2, 0.25) is 0 Å². The van der Waals surface area contributed by atoms with E-state index in [1.807, 2.05) is 30.3 Å². The molecule has 2 aromatic carbocycles. The normalized spacial score (nSPS) is 31.2. The maximum Gasteiger partial charge on any atom is 0.157 e. The first-order valence-electron chi connectivity index (χ1n) is 12.6. The monoisotopic (exact) mass is 474 g/mol. The molecule has 0 aromatic heterocycles. The largest absolute Gasteiger partial charge is 0.507 e. The highest BCUT2D eigenvalue weighted by Gasteiger charge is 2.54. The molecule has 0 radical (unpaired) electrons. The molecule has 35 heavy (non-hydrogen) atoms. The minimum absolute atomic E-state index is 0.0239. The summed E-state index contributed by atoms with van der Waals surface area (Å²) >= 11 is 0. The summed E-state index contributed by atoms with van der Waals surface area (Å²) in [6.45, 7) is 11.2. The number of phenolic OH excluding ortho intramolecular Hbond substituents is 2. The van der Waals surface area contributed by atoms with Crippen LogP contribution in [-0.2, 0) is 0 Å². The van der Waals surface area contributed by atoms with Gasteiger partial charge in [-0.05, 0) is 61.8 Å². The number of carbonyl (C=O) groups excluding carboxylic acids is 2. The van der Waals surface area contributed by atoms with E-state index in [1.165, 1.54) is 5.57 Å². The molecular formula is C30H34O5. The molecule has 184 valence electrons. The van der Waals surface area contributed by atoms with Gasteiger partial charge in [-0.3, -0.25) is 9.59 Å². The van der Waals surface area contributed by atoms with Crippen molar-refractivity contribution in [1.82, 2.24) is 0 Å². The Hall–Kier alpha value is -3.08. The van der Waals surface area contributed by atoms with Gasteiger partial charge in [-0.15, -0.1) is 0 Å². The highest BCUT2D eigenvalue weighted by molar-refractivity contribution is 5.95. The second-order valence-corrected chi connectivity index (χ2v) is 11.6. The predicted molar refractivity (Wildman–Crippen MR) is 134 cm³/mol. The number of hydrogen-bond donors (Lipinski definition) is 2. The van der Waals surface area contributed by atoms with Gasteiger partial charge in [0, 0.05) is 17.4 Å². The van der Waals surface area contributed by atoms with E-state index in [1.54, 1.807) is 0 Å². The molecule has 2 saturated carbocycles. The van der Waals surface area contributed by atoms with Gasteiger partial charge in [-0.1, -0.05) is 56.3 Å². The Bertz CT molecular complexity index is 1200. The summed E-state index contributed by atoms with van der Waals surface area (Å²) in [6.07, 6.45) is 5.50. The minimum atomic E-state index is -0.631. The second-order valence-electron chi connectivity index (χ2n) is 11.6. The Morgan fingerprint density at radius 3 is 2.29 bits per heavy atom. The summed E-state index contributed by atoms with van der Waals surface area (Å²) in [4.78, 5) is 24.0. The molecule has 1 heterocycles. The lowest BCUT2D eigenvalue weighted by molar-refractivity contribution is -0.0395. The smallest absolute Gasteiger partial charge is 0.157 e. The van der Waals surface area contributed by atoms with Gasteiger partial charge in [-0.25, -0.2) is 0 Å². The molecule has 5 atom stereocenters. The van der Waals surface area contributed by atoms with Crippen LogP contribution in [0.1, 0.15) is 90.6 Å². The molecule has 2 aromatic rings. The van der Waals surface area contributed by atoms with Gasteiger partial charge < -0.3 is 14.9 Å². The predicted octanol–water partition coefficient (Wildman–Crippen LogP) is 6.41. The van der Waals surface area contributed by atoms with Crippen molar-refractivity contribution in [3.63, 3.8) is 0 Å². The summed E-state index contributed by atoms with van der Waals surface area (Å²) in [7, 11) is 0. The molecule has 0 saturated heterocycles. The maximum absolute atomic E-state index is 12.1. The third-order valence-electron chi connectivity index (χ3n) is 9.23. The number of allylic oxidation sites excluding steroid dienone is 1. The molecule has 0 spiro atoms. The van der Waals surface area contributed by atoms with Crippen LogP contribution in [-0.4, -0.2) is 28.4 Å². The number of aldehydes is 2. The molecule has 2 fully saturated rings. The molecule has 5 rings (SSSR count). The third kappa shape index (κ3) is 3.50. The summed E-state index contributed by atoms with van der Waals surface area (Å²) < 4.78 is 6.66. The first kappa shape index (κ1) is 23.7. The number of hydrogen-bond acceptors (Lipinski definition) is 5. The van der Waals surface area contributed by atoms with Crippen molar-refractivity contribution in [3.8, 4) is 17.2 Å². The van der Waals surface area contributed by atoms with E-state index in [0.29, 0.717) is 30.0 Å². The molecule has 5 heteroatoms. The molecule has 2 aliphatic carbocycles. The number of aromatic hydroxyl groups is 2. The zero-order chi connectivity index (χ0) is 25.1. The molecular weight excluding hydrogens is 440 g/mol. The highest BCUT2D eigenvalue weighted by Crippen LogP contribution is 2.62. The lowest BCUT2D eigenvalue weighted by Crippen LogP contribution is -2.49. The van der Waals surface area contributed by atoms with Crippen molar-refractivity contribution in [2.45, 2.75) is 64.4 Å². The van der Waals surface area contributed by atoms with E-state index in [2.05, 4.69) is 27.4 Å². The Balaban J connectivity index is 1.73. The zero-order valence-electron chi connectivity index (χ0n) is 20.7. The Kier molecular flexibility index (Phi) is 5.58. The lowest BCUT2D eigenvalue weighted by Gasteiger charge is -2.53. The summed E-state index contributed by atoms with van der Waals surface area (Å²) in [6, 6.07) is 9.89. The fourth-order valence-electron chi connectivity index (χ4n) is 7.25. The van der Waals surface area contributed by atoms with Gasteiger partial charge in [0.1, 0.15) is 22.8 Å². The van der Waals surface area contributed by atoms with Crippen molar-refractivity contribution in [2.75, 3.05) is 0 Å². The van der Waals surface area contributed by atoms with Gasteiger partial charge in [0.2, 0.25) is 0 Å². The van der Waals surface area contributed by atoms with Crippen LogP contribution in [0.25, 0.3) is 0 Å². The Labute approximate surface area is 206 Å². The van der Waals surface area contributed by atoms with Gasteiger partial charge >= 0.3 is 0 Å². The lowest BCUT2D eigenvalue weighted by atomic mass is 9.52. The van der Waals surface area contributed by atoms with Gasteiger partial charge in [0.15, 0.2) is 12.6 Å². The summed E-state index contributed by atoms with van der Waals surface area (Å²) in [5.74, 6) is 0.0524. The second kappa shape index (κ2) is 8.25. The zero-order valence-corrected chi connectivity index (χ0v) is 20.7. The maximum atomic E-state index is 12.1. The summed E-state index contributed by atoms with van der Waals surface area (Å²) in [5, 5.41) is 21.9. The molecule has 5 nitrogen and oxygen atoms in total. The topological polar surface area (TPSA) is 83.8 Å². The summed E-state index contributed by atoms with van der Waals surface area (Å²) in [5.41, 5.74) is 1.95. The number of carbonyl (C=O) groups is 2. The van der Waals surface area contributed by atoms with E-state index in [4.69, 9.17) is 4.74 Å². The van der Waals surface area contributed by atoms with E-state index in [0.717, 1.165) is 37.7 Å². The van der Waals surface area contributed by atoms with Crippen LogP contribution in [0.3, 0.4) is 0 Å². The van der Waals surface area contributed by atoms with Crippen molar-refractivity contribution >= 4 is 12.6 Å². The number of fused-ring (bicyclic) bond motifs is 3. The average molecular weight is 475 g/mol. The van der Waals surface area contributed by atoms with Crippen LogP contribution < -0.4 is 4.74 Å². The van der Waals surface area contributed by atoms with E-state index < -0.39 is 11.4 Å². The van der Waals surface area contributed by atoms with E-state index in [-0.39, 0.29) is 39.9 Å². The van der Waals surface area contributed by atoms with Gasteiger partial charge in [0.25, 0.3) is 0 Å². The molecule has 2 N–H and O–H groups in total. The van der Waals surface area contributed by atoms with E-state index >= 15 is 0 Å². The van der Waals surface area contributed by atoms with Crippen LogP contribution in [0.4, 0.5) is 0 Å².